The van der Waals surface area contributed by atoms with Gasteiger partial charge in [0.25, 0.3) is 0 Å². The van der Waals surface area contributed by atoms with Gasteiger partial charge in [-0.25, -0.2) is 0 Å². The number of aromatic hydroxyl groups is 1. The number of phenolic OH excluding ortho intramolecular Hbond substituents is 1. The summed E-state index contributed by atoms with van der Waals surface area (Å²) < 4.78 is 45.1. The normalized spacial score (nSPS) is 13.1. The number of nitrogen functional groups attached to an aromatic ring is 1. The quantitative estimate of drug-likeness (QED) is 0.353. The lowest BCUT2D eigenvalue weighted by molar-refractivity contribution is -0.137. The highest BCUT2D eigenvalue weighted by Gasteiger charge is 2.31. The van der Waals surface area contributed by atoms with E-state index >= 15 is 0 Å². The van der Waals surface area contributed by atoms with Crippen molar-refractivity contribution in [3.63, 3.8) is 0 Å². The average Bonchev–Trinajstić information content (AvgIpc) is 3.04. The van der Waals surface area contributed by atoms with Gasteiger partial charge < -0.3 is 20.6 Å². The molecule has 5 nitrogen and oxygen atoms in total. The van der Waals surface area contributed by atoms with E-state index < -0.39 is 17.8 Å². The fourth-order valence-electron chi connectivity index (χ4n) is 3.64. The van der Waals surface area contributed by atoms with Gasteiger partial charge >= 0.3 is 6.18 Å². The first-order valence-electron chi connectivity index (χ1n) is 9.30. The summed E-state index contributed by atoms with van der Waals surface area (Å²) in [5.41, 5.74) is 7.68. The first-order chi connectivity index (χ1) is 14.0. The zero-order valence-electron chi connectivity index (χ0n) is 16.6. The molecule has 4 N–H and O–H groups in total. The molecule has 1 atom stereocenters. The van der Waals surface area contributed by atoms with Gasteiger partial charge in [-0.2, -0.15) is 13.2 Å². The lowest BCUT2D eigenvalue weighted by Crippen LogP contribution is -2.12. The smallest absolute Gasteiger partial charge is 0.416 e. The average molecular weight is 415 g/mol. The van der Waals surface area contributed by atoms with Gasteiger partial charge in [0.1, 0.15) is 5.76 Å². The van der Waals surface area contributed by atoms with E-state index in [1.54, 1.807) is 32.0 Å². The van der Waals surface area contributed by atoms with Crippen LogP contribution in [0.2, 0.25) is 0 Å². The Morgan fingerprint density at radius 3 is 2.50 bits per heavy atom. The minimum atomic E-state index is -4.49. The third-order valence-electron chi connectivity index (χ3n) is 4.99. The van der Waals surface area contributed by atoms with Crippen LogP contribution in [0.1, 0.15) is 35.5 Å². The zero-order valence-corrected chi connectivity index (χ0v) is 16.6. The molecule has 0 amide bonds. The second-order valence-corrected chi connectivity index (χ2v) is 7.46. The molecule has 8 heteroatoms. The largest absolute Gasteiger partial charge is 0.504 e. The van der Waals surface area contributed by atoms with Crippen molar-refractivity contribution in [2.24, 2.45) is 0 Å². The maximum absolute atomic E-state index is 13.2. The van der Waals surface area contributed by atoms with E-state index in [2.05, 4.69) is 10.3 Å². The van der Waals surface area contributed by atoms with E-state index in [1.165, 1.54) is 6.07 Å². The standard InChI is InChI=1S/C22H20F3N3O2/c1-10-4-18(16-9-19(29)21-17(20(16)27-10)5-11(2)30-21)28-12(3)13-6-14(22(23,24)25)8-15(26)7-13/h4-9,12,29H,26H2,1-3H3,(H,27,28)/t12-/m1/s1. The predicted molar refractivity (Wildman–Crippen MR) is 111 cm³/mol. The van der Waals surface area contributed by atoms with Crippen molar-refractivity contribution in [1.29, 1.82) is 0 Å². The van der Waals surface area contributed by atoms with Crippen molar-refractivity contribution in [1.82, 2.24) is 4.98 Å². The van der Waals surface area contributed by atoms with Crippen LogP contribution >= 0.6 is 0 Å². The Labute approximate surface area is 170 Å². The Morgan fingerprint density at radius 2 is 1.80 bits per heavy atom. The van der Waals surface area contributed by atoms with Crippen LogP contribution in [0.3, 0.4) is 0 Å². The Kier molecular flexibility index (Phi) is 4.52. The van der Waals surface area contributed by atoms with E-state index in [0.717, 1.165) is 12.1 Å². The van der Waals surface area contributed by atoms with Crippen molar-refractivity contribution >= 4 is 33.2 Å². The molecule has 0 aliphatic carbocycles. The van der Waals surface area contributed by atoms with Gasteiger partial charge in [0, 0.05) is 28.5 Å². The Morgan fingerprint density at radius 1 is 1.07 bits per heavy atom. The number of phenols is 1. The molecule has 0 aliphatic rings. The molecule has 0 aliphatic heterocycles. The van der Waals surface area contributed by atoms with Crippen LogP contribution in [0.15, 0.2) is 40.8 Å². The molecule has 0 radical (unpaired) electrons. The Hall–Kier alpha value is -3.42. The van der Waals surface area contributed by atoms with E-state index in [1.807, 2.05) is 6.92 Å². The SMILES string of the molecule is Cc1cc(N[C@H](C)c2cc(N)cc(C(F)(F)F)c2)c2cc(O)c3oc(C)cc3c2n1. The Balaban J connectivity index is 1.82. The number of rotatable bonds is 3. The van der Waals surface area contributed by atoms with Crippen molar-refractivity contribution in [3.8, 4) is 5.75 Å². The molecule has 0 fully saturated rings. The molecular weight excluding hydrogens is 395 g/mol. The summed E-state index contributed by atoms with van der Waals surface area (Å²) in [6, 6.07) is 8.15. The van der Waals surface area contributed by atoms with Crippen molar-refractivity contribution in [3.05, 3.63) is 59.0 Å². The number of aryl methyl sites for hydroxylation is 2. The van der Waals surface area contributed by atoms with Crippen LogP contribution in [-0.4, -0.2) is 10.1 Å². The second kappa shape index (κ2) is 6.83. The summed E-state index contributed by atoms with van der Waals surface area (Å²) in [6.07, 6.45) is -4.49. The van der Waals surface area contributed by atoms with Crippen LogP contribution in [0, 0.1) is 13.8 Å². The van der Waals surface area contributed by atoms with Gasteiger partial charge in [-0.05, 0) is 62.7 Å². The number of nitrogens with zero attached hydrogens (tertiary/aromatic N) is 1. The molecule has 0 saturated heterocycles. The molecule has 0 unspecified atom stereocenters. The van der Waals surface area contributed by atoms with Gasteiger partial charge in [0.05, 0.1) is 16.5 Å². The number of halogens is 3. The number of hydrogen-bond donors (Lipinski definition) is 3. The van der Waals surface area contributed by atoms with E-state index in [0.29, 0.717) is 44.6 Å². The number of nitrogens with two attached hydrogens (primary N) is 1. The fraction of sp³-hybridized carbons (Fsp3) is 0.227. The molecule has 4 rings (SSSR count). The third kappa shape index (κ3) is 3.49. The van der Waals surface area contributed by atoms with Crippen LogP contribution < -0.4 is 11.1 Å². The highest BCUT2D eigenvalue weighted by Crippen LogP contribution is 2.39. The highest BCUT2D eigenvalue weighted by atomic mass is 19.4. The highest BCUT2D eigenvalue weighted by molar-refractivity contribution is 6.10. The van der Waals surface area contributed by atoms with Gasteiger partial charge in [0.15, 0.2) is 11.3 Å². The number of fused-ring (bicyclic) bond motifs is 3. The van der Waals surface area contributed by atoms with Crippen molar-refractivity contribution in [2.45, 2.75) is 33.0 Å². The molecule has 156 valence electrons. The number of pyridine rings is 1. The lowest BCUT2D eigenvalue weighted by Gasteiger charge is -2.20. The van der Waals surface area contributed by atoms with Gasteiger partial charge in [0.2, 0.25) is 0 Å². The van der Waals surface area contributed by atoms with Crippen molar-refractivity contribution in [2.75, 3.05) is 11.1 Å². The molecule has 0 saturated carbocycles. The summed E-state index contributed by atoms with van der Waals surface area (Å²) in [7, 11) is 0. The van der Waals surface area contributed by atoms with Crippen LogP contribution in [0.4, 0.5) is 24.5 Å². The van der Waals surface area contributed by atoms with Crippen LogP contribution in [0.25, 0.3) is 21.9 Å². The first kappa shape index (κ1) is 19.9. The van der Waals surface area contributed by atoms with E-state index in [-0.39, 0.29) is 11.4 Å². The maximum atomic E-state index is 13.2. The number of nitrogens with one attached hydrogen (secondary N) is 1. The summed E-state index contributed by atoms with van der Waals surface area (Å²) in [5, 5.41) is 14.9. The monoisotopic (exact) mass is 415 g/mol. The van der Waals surface area contributed by atoms with Gasteiger partial charge in [-0.3, -0.25) is 4.98 Å². The molecule has 2 aromatic carbocycles. The van der Waals surface area contributed by atoms with Gasteiger partial charge in [-0.15, -0.1) is 0 Å². The minimum Gasteiger partial charge on any atom is -0.504 e. The summed E-state index contributed by atoms with van der Waals surface area (Å²) in [4.78, 5) is 4.58. The lowest BCUT2D eigenvalue weighted by atomic mass is 10.0. The van der Waals surface area contributed by atoms with Crippen LogP contribution in [-0.2, 0) is 6.18 Å². The molecule has 2 aromatic heterocycles. The molecule has 30 heavy (non-hydrogen) atoms. The first-order valence-corrected chi connectivity index (χ1v) is 9.30. The summed E-state index contributed by atoms with van der Waals surface area (Å²) >= 11 is 0. The maximum Gasteiger partial charge on any atom is 0.416 e. The van der Waals surface area contributed by atoms with E-state index in [4.69, 9.17) is 10.2 Å². The van der Waals surface area contributed by atoms with Gasteiger partial charge in [-0.1, -0.05) is 0 Å². The minimum absolute atomic E-state index is 0.0322. The Bertz CT molecular complexity index is 1280. The number of hydrogen-bond acceptors (Lipinski definition) is 5. The molecule has 0 spiro atoms. The van der Waals surface area contributed by atoms with E-state index in [9.17, 15) is 18.3 Å². The molecular formula is C22H20F3N3O2. The molecule has 4 aromatic rings. The zero-order chi connectivity index (χ0) is 21.8. The summed E-state index contributed by atoms with van der Waals surface area (Å²) in [5.74, 6) is 0.605. The number of anilines is 2. The summed E-state index contributed by atoms with van der Waals surface area (Å²) in [6.45, 7) is 5.35. The molecule has 2 heterocycles. The third-order valence-corrected chi connectivity index (χ3v) is 4.99. The molecule has 0 bridgehead atoms. The topological polar surface area (TPSA) is 84.3 Å². The van der Waals surface area contributed by atoms with Crippen molar-refractivity contribution < 1.29 is 22.7 Å². The van der Waals surface area contributed by atoms with Crippen LogP contribution in [0.5, 0.6) is 5.75 Å². The number of furan rings is 1. The fourth-order valence-corrected chi connectivity index (χ4v) is 3.64. The predicted octanol–water partition coefficient (Wildman–Crippen LogP) is 6.08. The number of aromatic nitrogens is 1. The number of alkyl halides is 3. The number of benzene rings is 2. The second-order valence-electron chi connectivity index (χ2n) is 7.46.